The third-order valence-corrected chi connectivity index (χ3v) is 9.73. The Morgan fingerprint density at radius 2 is 1.93 bits per heavy atom. The largest absolute Gasteiger partial charge is 1.00 e. The summed E-state index contributed by atoms with van der Waals surface area (Å²) in [5.41, 5.74) is 2.56. The summed E-state index contributed by atoms with van der Waals surface area (Å²) in [6.45, 7) is 5.56. The molecule has 0 radical (unpaired) electrons. The minimum absolute atomic E-state index is 0. The average Bonchev–Trinajstić information content (AvgIpc) is 3.06. The van der Waals surface area contributed by atoms with Gasteiger partial charge in [-0.1, -0.05) is 32.0 Å². The number of nitrogens with zero attached hydrogens (tertiary/aromatic N) is 2. The van der Waals surface area contributed by atoms with Crippen LogP contribution in [0, 0.1) is 17.8 Å². The maximum Gasteiger partial charge on any atom is 0.194 e. The Bertz CT molecular complexity index is 805. The van der Waals surface area contributed by atoms with Crippen LogP contribution in [0.3, 0.4) is 0 Å². The van der Waals surface area contributed by atoms with E-state index in [1.165, 1.54) is 17.7 Å². The zero-order valence-electron chi connectivity index (χ0n) is 17.1. The molecule has 5 heteroatoms. The number of para-hydroxylation sites is 1. The van der Waals surface area contributed by atoms with Crippen LogP contribution in [0.25, 0.3) is 0 Å². The Morgan fingerprint density at radius 1 is 1.18 bits per heavy atom. The number of aliphatic hydroxyl groups is 2. The molecule has 5 aliphatic heterocycles. The zero-order chi connectivity index (χ0) is 18.7. The Balaban J connectivity index is 0.00000171. The van der Waals surface area contributed by atoms with E-state index in [4.69, 9.17) is 0 Å². The van der Waals surface area contributed by atoms with Gasteiger partial charge in [0, 0.05) is 37.4 Å². The van der Waals surface area contributed by atoms with Crippen molar-refractivity contribution < 1.29 is 31.7 Å². The van der Waals surface area contributed by atoms with Gasteiger partial charge in [-0.3, -0.25) is 4.48 Å². The van der Waals surface area contributed by atoms with Crippen molar-refractivity contribution in [1.82, 2.24) is 0 Å². The SMILES string of the molecule is CCC[N+]12[C@H](O)[C@@H](CC)C3C[C@H]1[C@@H]1N(C)c4ccccc4C14C[C@H]2C3[C@H]4O.[Br-]. The summed E-state index contributed by atoms with van der Waals surface area (Å²) in [4.78, 5) is 2.48. The first kappa shape index (κ1) is 19.3. The molecule has 1 saturated carbocycles. The number of piperidine rings is 4. The molecule has 154 valence electrons. The number of hydrogen-bond acceptors (Lipinski definition) is 3. The van der Waals surface area contributed by atoms with E-state index in [0.717, 1.165) is 30.3 Å². The van der Waals surface area contributed by atoms with Gasteiger partial charge >= 0.3 is 0 Å². The van der Waals surface area contributed by atoms with Crippen molar-refractivity contribution in [1.29, 1.82) is 0 Å². The molecule has 0 amide bonds. The smallest absolute Gasteiger partial charge is 0.194 e. The van der Waals surface area contributed by atoms with E-state index >= 15 is 0 Å². The highest BCUT2D eigenvalue weighted by atomic mass is 79.9. The van der Waals surface area contributed by atoms with Crippen molar-refractivity contribution >= 4 is 5.69 Å². The van der Waals surface area contributed by atoms with Gasteiger partial charge in [-0.15, -0.1) is 0 Å². The Morgan fingerprint density at radius 3 is 2.64 bits per heavy atom. The summed E-state index contributed by atoms with van der Waals surface area (Å²) in [5.74, 6) is 1.18. The van der Waals surface area contributed by atoms with E-state index in [-0.39, 0.29) is 34.7 Å². The van der Waals surface area contributed by atoms with Gasteiger partial charge in [-0.05, 0) is 30.4 Å². The summed E-state index contributed by atoms with van der Waals surface area (Å²) in [6.07, 6.45) is 3.84. The van der Waals surface area contributed by atoms with Crippen LogP contribution < -0.4 is 21.9 Å². The minimum Gasteiger partial charge on any atom is -1.00 e. The lowest BCUT2D eigenvalue weighted by Gasteiger charge is -2.68. The number of benzene rings is 1. The molecule has 1 spiro atoms. The van der Waals surface area contributed by atoms with Crippen molar-refractivity contribution in [2.75, 3.05) is 18.5 Å². The normalized spacial score (nSPS) is 51.8. The molecule has 6 aliphatic rings. The molecule has 28 heavy (non-hydrogen) atoms. The number of fused-ring (bicyclic) bond motifs is 2. The second-order valence-electron chi connectivity index (χ2n) is 10.1. The Hall–Kier alpha value is -0.620. The molecule has 1 aliphatic carbocycles. The first-order chi connectivity index (χ1) is 13.0. The summed E-state index contributed by atoms with van der Waals surface area (Å²) < 4.78 is 0.873. The standard InChI is InChI=1S/C23H33N2O2.BrH/c1-4-10-25-17-11-14(13(5-2)22(25)27)19-18(25)12-23(21(19)26)15-8-6-7-9-16(15)24(3)20(17)23;/h6-9,13-14,17-22,26-27H,4-5,10-12H2,1-3H3;1H/q+1;/p-1/t13-,14?,17-,18-,19?,20-,21+,22+,23?,25?;/m0./s1. The van der Waals surface area contributed by atoms with Crippen molar-refractivity contribution in [3.63, 3.8) is 0 Å². The predicted octanol–water partition coefficient (Wildman–Crippen LogP) is -0.517. The van der Waals surface area contributed by atoms with E-state index in [0.29, 0.717) is 35.9 Å². The first-order valence-electron chi connectivity index (χ1n) is 11.1. The van der Waals surface area contributed by atoms with Gasteiger partial charge < -0.3 is 32.1 Å². The van der Waals surface area contributed by atoms with Crippen LogP contribution in [-0.2, 0) is 5.41 Å². The molecule has 5 heterocycles. The van der Waals surface area contributed by atoms with E-state index < -0.39 is 0 Å². The molecule has 4 nitrogen and oxygen atoms in total. The van der Waals surface area contributed by atoms with Crippen molar-refractivity contribution in [3.05, 3.63) is 29.8 Å². The number of halogens is 1. The van der Waals surface area contributed by atoms with Crippen LogP contribution in [0.5, 0.6) is 0 Å². The third kappa shape index (κ3) is 1.73. The monoisotopic (exact) mass is 448 g/mol. The van der Waals surface area contributed by atoms with Gasteiger partial charge in [0.1, 0.15) is 6.04 Å². The molecule has 7 rings (SSSR count). The van der Waals surface area contributed by atoms with Gasteiger partial charge in [0.15, 0.2) is 6.23 Å². The molecule has 1 aromatic rings. The number of rotatable bonds is 3. The average molecular weight is 449 g/mol. The molecule has 2 N–H and O–H groups in total. The topological polar surface area (TPSA) is 43.7 Å². The van der Waals surface area contributed by atoms with Crippen molar-refractivity contribution in [2.45, 2.75) is 75.4 Å². The fraction of sp³-hybridized carbons (Fsp3) is 0.739. The van der Waals surface area contributed by atoms with Crippen molar-refractivity contribution in [3.8, 4) is 0 Å². The molecule has 1 aromatic carbocycles. The molecular weight excluding hydrogens is 416 g/mol. The van der Waals surface area contributed by atoms with Crippen LogP contribution in [0.2, 0.25) is 0 Å². The number of quaternary nitrogens is 1. The highest BCUT2D eigenvalue weighted by molar-refractivity contribution is 5.66. The number of hydrogen-bond donors (Lipinski definition) is 2. The van der Waals surface area contributed by atoms with E-state index in [9.17, 15) is 10.2 Å². The fourth-order valence-corrected chi connectivity index (χ4v) is 9.23. The van der Waals surface area contributed by atoms with Crippen LogP contribution in [0.4, 0.5) is 5.69 Å². The lowest BCUT2D eigenvalue weighted by Crippen LogP contribution is -3.00. The van der Waals surface area contributed by atoms with Gasteiger partial charge in [0.2, 0.25) is 0 Å². The summed E-state index contributed by atoms with van der Waals surface area (Å²) in [6, 6.07) is 9.97. The minimum atomic E-state index is -0.271. The quantitative estimate of drug-likeness (QED) is 0.611. The maximum atomic E-state index is 11.9. The Kier molecular flexibility index (Phi) is 4.12. The highest BCUT2D eigenvalue weighted by Gasteiger charge is 2.82. The van der Waals surface area contributed by atoms with E-state index in [1.807, 2.05) is 0 Å². The summed E-state index contributed by atoms with van der Waals surface area (Å²) >= 11 is 0. The van der Waals surface area contributed by atoms with E-state index in [1.54, 1.807) is 0 Å². The molecule has 4 unspecified atom stereocenters. The Labute approximate surface area is 178 Å². The second kappa shape index (κ2) is 5.96. The third-order valence-electron chi connectivity index (χ3n) is 9.73. The lowest BCUT2D eigenvalue weighted by atomic mass is 9.60. The van der Waals surface area contributed by atoms with E-state index in [2.05, 4.69) is 50.1 Å². The van der Waals surface area contributed by atoms with Crippen molar-refractivity contribution in [2.24, 2.45) is 17.8 Å². The van der Waals surface area contributed by atoms with Crippen LogP contribution >= 0.6 is 0 Å². The van der Waals surface area contributed by atoms with Gasteiger partial charge in [0.25, 0.3) is 0 Å². The van der Waals surface area contributed by atoms with Crippen LogP contribution in [0.1, 0.15) is 45.1 Å². The molecule has 5 bridgehead atoms. The van der Waals surface area contributed by atoms with Crippen LogP contribution in [-0.4, -0.2) is 58.7 Å². The molecule has 5 fully saturated rings. The van der Waals surface area contributed by atoms with Gasteiger partial charge in [-0.25, -0.2) is 0 Å². The van der Waals surface area contributed by atoms with Gasteiger partial charge in [0.05, 0.1) is 30.1 Å². The fourth-order valence-electron chi connectivity index (χ4n) is 9.23. The second-order valence-corrected chi connectivity index (χ2v) is 10.1. The molecule has 10 atom stereocenters. The molecule has 0 aromatic heterocycles. The maximum absolute atomic E-state index is 11.9. The first-order valence-corrected chi connectivity index (χ1v) is 11.1. The summed E-state index contributed by atoms with van der Waals surface area (Å²) in [7, 11) is 2.23. The number of likely N-dealkylation sites (N-methyl/N-ethyl adjacent to an activating group) is 1. The number of aliphatic hydroxyl groups excluding tert-OH is 2. The van der Waals surface area contributed by atoms with Crippen LogP contribution in [0.15, 0.2) is 24.3 Å². The zero-order valence-corrected chi connectivity index (χ0v) is 18.7. The van der Waals surface area contributed by atoms with Gasteiger partial charge in [-0.2, -0.15) is 0 Å². The predicted molar refractivity (Wildman–Crippen MR) is 105 cm³/mol. The molecule has 4 saturated heterocycles. The number of anilines is 1. The highest BCUT2D eigenvalue weighted by Crippen LogP contribution is 2.71. The lowest BCUT2D eigenvalue weighted by molar-refractivity contribution is -1.04. The molecular formula is C23H33BrN2O2. The summed E-state index contributed by atoms with van der Waals surface area (Å²) in [5, 5.41) is 23.6.